The van der Waals surface area contributed by atoms with Crippen LogP contribution in [0.3, 0.4) is 0 Å². The Morgan fingerprint density at radius 3 is 1.95 bits per heavy atom. The van der Waals surface area contributed by atoms with Crippen molar-refractivity contribution < 1.29 is 14.0 Å². The summed E-state index contributed by atoms with van der Waals surface area (Å²) in [5.41, 5.74) is -0.372. The lowest BCUT2D eigenvalue weighted by molar-refractivity contribution is -0.154. The molecular weight excluding hydrogens is 268 g/mol. The molecule has 120 valence electrons. The van der Waals surface area contributed by atoms with Gasteiger partial charge in [-0.3, -0.25) is 4.79 Å². The first kappa shape index (κ1) is 19.6. The molecule has 0 aliphatic heterocycles. The van der Waals surface area contributed by atoms with Gasteiger partial charge in [0.1, 0.15) is 5.60 Å². The number of hydrogen-bond acceptors (Lipinski definition) is 3. The third-order valence-corrected chi connectivity index (χ3v) is 8.25. The van der Waals surface area contributed by atoms with Crippen LogP contribution in [0.2, 0.25) is 18.1 Å². The quantitative estimate of drug-likeness (QED) is 0.381. The summed E-state index contributed by atoms with van der Waals surface area (Å²) in [6.07, 6.45) is 3.44. The zero-order chi connectivity index (χ0) is 16.0. The summed E-state index contributed by atoms with van der Waals surface area (Å²) in [7, 11) is -1.61. The zero-order valence-electron chi connectivity index (χ0n) is 14.8. The number of carbonyl (C=O) groups excluding carboxylic acids is 1. The fourth-order valence-corrected chi connectivity index (χ4v) is 2.57. The molecule has 0 heterocycles. The highest BCUT2D eigenvalue weighted by molar-refractivity contribution is 6.74. The molecule has 0 saturated heterocycles. The van der Waals surface area contributed by atoms with Crippen molar-refractivity contribution in [2.75, 3.05) is 6.61 Å². The first-order chi connectivity index (χ1) is 8.85. The average molecular weight is 303 g/mol. The molecule has 0 aromatic rings. The molecule has 0 aromatic carbocycles. The van der Waals surface area contributed by atoms with Gasteiger partial charge in [-0.2, -0.15) is 0 Å². The van der Waals surface area contributed by atoms with Crippen LogP contribution >= 0.6 is 0 Å². The van der Waals surface area contributed by atoms with Gasteiger partial charge in [0.15, 0.2) is 8.32 Å². The summed E-state index contributed by atoms with van der Waals surface area (Å²) in [4.78, 5) is 11.5. The SMILES string of the molecule is CC(C)(C)OC(=O)CCCCCO[Si](C)(C)C(C)(C)C. The van der Waals surface area contributed by atoms with Crippen molar-refractivity contribution in [3.05, 3.63) is 0 Å². The smallest absolute Gasteiger partial charge is 0.306 e. The highest BCUT2D eigenvalue weighted by atomic mass is 28.4. The monoisotopic (exact) mass is 302 g/mol. The van der Waals surface area contributed by atoms with E-state index in [1.54, 1.807) is 0 Å². The fraction of sp³-hybridized carbons (Fsp3) is 0.938. The molecule has 3 nitrogen and oxygen atoms in total. The molecule has 0 saturated carbocycles. The van der Waals surface area contributed by atoms with Crippen LogP contribution in [0.25, 0.3) is 0 Å². The fourth-order valence-electron chi connectivity index (χ4n) is 1.48. The van der Waals surface area contributed by atoms with Crippen LogP contribution in [0.15, 0.2) is 0 Å². The molecule has 4 heteroatoms. The van der Waals surface area contributed by atoms with Crippen molar-refractivity contribution in [3.63, 3.8) is 0 Å². The van der Waals surface area contributed by atoms with Gasteiger partial charge in [-0.1, -0.05) is 27.2 Å². The van der Waals surface area contributed by atoms with E-state index in [9.17, 15) is 4.79 Å². The Morgan fingerprint density at radius 2 is 1.50 bits per heavy atom. The number of esters is 1. The summed E-state index contributed by atoms with van der Waals surface area (Å²) in [5, 5.41) is 0.267. The van der Waals surface area contributed by atoms with Crippen molar-refractivity contribution in [3.8, 4) is 0 Å². The van der Waals surface area contributed by atoms with E-state index >= 15 is 0 Å². The van der Waals surface area contributed by atoms with E-state index in [0.29, 0.717) is 6.42 Å². The van der Waals surface area contributed by atoms with Crippen LogP contribution in [0.1, 0.15) is 67.2 Å². The van der Waals surface area contributed by atoms with Crippen LogP contribution in [0.5, 0.6) is 0 Å². The second kappa shape index (κ2) is 7.60. The van der Waals surface area contributed by atoms with Gasteiger partial charge in [0.2, 0.25) is 0 Å². The van der Waals surface area contributed by atoms with Gasteiger partial charge in [-0.25, -0.2) is 0 Å². The van der Waals surface area contributed by atoms with E-state index in [4.69, 9.17) is 9.16 Å². The molecule has 0 unspecified atom stereocenters. The maximum Gasteiger partial charge on any atom is 0.306 e. The molecule has 0 bridgehead atoms. The van der Waals surface area contributed by atoms with Gasteiger partial charge in [0.25, 0.3) is 0 Å². The Hall–Kier alpha value is -0.353. The number of carbonyl (C=O) groups is 1. The van der Waals surface area contributed by atoms with Crippen molar-refractivity contribution >= 4 is 14.3 Å². The lowest BCUT2D eigenvalue weighted by Crippen LogP contribution is -2.40. The molecule has 0 N–H and O–H groups in total. The lowest BCUT2D eigenvalue weighted by atomic mass is 10.1. The van der Waals surface area contributed by atoms with E-state index in [0.717, 1.165) is 25.9 Å². The van der Waals surface area contributed by atoms with Crippen molar-refractivity contribution in [2.24, 2.45) is 0 Å². The first-order valence-corrected chi connectivity index (χ1v) is 10.6. The lowest BCUT2D eigenvalue weighted by Gasteiger charge is -2.36. The molecule has 0 radical (unpaired) electrons. The predicted octanol–water partition coefficient (Wildman–Crippen LogP) is 4.91. The van der Waals surface area contributed by atoms with Crippen LogP contribution in [-0.4, -0.2) is 26.5 Å². The zero-order valence-corrected chi connectivity index (χ0v) is 15.8. The maximum absolute atomic E-state index is 11.5. The predicted molar refractivity (Wildman–Crippen MR) is 87.5 cm³/mol. The van der Waals surface area contributed by atoms with E-state index in [1.807, 2.05) is 20.8 Å². The molecule has 0 atom stereocenters. The Bertz CT molecular complexity index is 298. The minimum Gasteiger partial charge on any atom is -0.460 e. The third kappa shape index (κ3) is 8.75. The average Bonchev–Trinajstić information content (AvgIpc) is 2.18. The van der Waals surface area contributed by atoms with Crippen LogP contribution in [0.4, 0.5) is 0 Å². The molecule has 0 aliphatic carbocycles. The maximum atomic E-state index is 11.5. The van der Waals surface area contributed by atoms with Gasteiger partial charge in [-0.15, -0.1) is 0 Å². The Kier molecular flexibility index (Phi) is 7.46. The van der Waals surface area contributed by atoms with Crippen LogP contribution in [-0.2, 0) is 14.0 Å². The largest absolute Gasteiger partial charge is 0.460 e. The summed E-state index contributed by atoms with van der Waals surface area (Å²) in [6.45, 7) is 17.8. The van der Waals surface area contributed by atoms with Gasteiger partial charge in [0.05, 0.1) is 0 Å². The molecule has 0 rings (SSSR count). The minimum absolute atomic E-state index is 0.0946. The summed E-state index contributed by atoms with van der Waals surface area (Å²) in [6, 6.07) is 0. The summed E-state index contributed by atoms with van der Waals surface area (Å²) < 4.78 is 11.4. The van der Waals surface area contributed by atoms with E-state index in [1.165, 1.54) is 0 Å². The number of rotatable bonds is 7. The van der Waals surface area contributed by atoms with E-state index < -0.39 is 8.32 Å². The standard InChI is InChI=1S/C16H34O3Si/c1-15(2,3)19-14(17)12-10-9-11-13-18-20(7,8)16(4,5)6/h9-13H2,1-8H3. The van der Waals surface area contributed by atoms with Crippen molar-refractivity contribution in [1.29, 1.82) is 0 Å². The molecule has 0 amide bonds. The Morgan fingerprint density at radius 1 is 0.950 bits per heavy atom. The molecular formula is C16H34O3Si. The minimum atomic E-state index is -1.61. The Labute approximate surface area is 126 Å². The van der Waals surface area contributed by atoms with Crippen molar-refractivity contribution in [2.45, 2.75) is 91.0 Å². The highest BCUT2D eigenvalue weighted by Crippen LogP contribution is 2.36. The van der Waals surface area contributed by atoms with Crippen LogP contribution in [0, 0.1) is 0 Å². The Balaban J connectivity index is 3.72. The number of hydrogen-bond donors (Lipinski definition) is 0. The second-order valence-electron chi connectivity index (χ2n) is 8.01. The molecule has 20 heavy (non-hydrogen) atoms. The molecule has 0 spiro atoms. The van der Waals surface area contributed by atoms with E-state index in [-0.39, 0.29) is 16.6 Å². The number of ether oxygens (including phenoxy) is 1. The van der Waals surface area contributed by atoms with E-state index in [2.05, 4.69) is 33.9 Å². The summed E-state index contributed by atoms with van der Waals surface area (Å²) >= 11 is 0. The molecule has 0 aliphatic rings. The van der Waals surface area contributed by atoms with Crippen molar-refractivity contribution in [1.82, 2.24) is 0 Å². The molecule has 0 aromatic heterocycles. The normalized spacial score (nSPS) is 13.4. The first-order valence-electron chi connectivity index (χ1n) is 7.71. The van der Waals surface area contributed by atoms with Gasteiger partial charge >= 0.3 is 5.97 Å². The topological polar surface area (TPSA) is 35.5 Å². The number of unbranched alkanes of at least 4 members (excludes halogenated alkanes) is 2. The van der Waals surface area contributed by atoms with Gasteiger partial charge in [-0.05, 0) is 51.7 Å². The summed E-state index contributed by atoms with van der Waals surface area (Å²) in [5.74, 6) is -0.0946. The van der Waals surface area contributed by atoms with Gasteiger partial charge < -0.3 is 9.16 Å². The molecule has 0 fully saturated rings. The van der Waals surface area contributed by atoms with Crippen LogP contribution < -0.4 is 0 Å². The highest BCUT2D eigenvalue weighted by Gasteiger charge is 2.36. The van der Waals surface area contributed by atoms with Gasteiger partial charge in [0, 0.05) is 13.0 Å². The third-order valence-electron chi connectivity index (χ3n) is 3.71. The second-order valence-corrected chi connectivity index (χ2v) is 12.8.